The summed E-state index contributed by atoms with van der Waals surface area (Å²) in [5, 5.41) is 18.3. The van der Waals surface area contributed by atoms with Gasteiger partial charge in [0.05, 0.1) is 4.88 Å². The molecule has 1 aromatic heterocycles. The Labute approximate surface area is 203 Å². The van der Waals surface area contributed by atoms with Gasteiger partial charge in [-0.2, -0.15) is 5.26 Å². The molecular weight excluding hydrogens is 459 g/mol. The van der Waals surface area contributed by atoms with Crippen LogP contribution in [0.1, 0.15) is 24.3 Å². The normalized spacial score (nSPS) is 14.1. The van der Waals surface area contributed by atoms with Gasteiger partial charge in [0.1, 0.15) is 17.4 Å². The predicted molar refractivity (Wildman–Crippen MR) is 141 cm³/mol. The lowest BCUT2D eigenvalue weighted by Crippen LogP contribution is -2.12. The highest BCUT2D eigenvalue weighted by Gasteiger charge is 2.48. The maximum atomic E-state index is 11.3. The molecule has 4 nitrogen and oxygen atoms in total. The third kappa shape index (κ3) is 3.72. The van der Waals surface area contributed by atoms with E-state index in [1.807, 2.05) is 12.1 Å². The van der Waals surface area contributed by atoms with Gasteiger partial charge >= 0.3 is 5.97 Å². The third-order valence-electron chi connectivity index (χ3n) is 6.11. The largest absolute Gasteiger partial charge is 0.477 e. The summed E-state index contributed by atoms with van der Waals surface area (Å²) >= 11 is 1.60. The number of carboxylic acids is 1. The zero-order valence-corrected chi connectivity index (χ0v) is 20.5. The molecule has 0 saturated carbocycles. The van der Waals surface area contributed by atoms with Gasteiger partial charge < -0.3 is 10.0 Å². The molecule has 6 heteroatoms. The second-order valence-electron chi connectivity index (χ2n) is 8.58. The van der Waals surface area contributed by atoms with Crippen molar-refractivity contribution in [2.45, 2.75) is 19.0 Å². The number of anilines is 3. The van der Waals surface area contributed by atoms with E-state index in [2.05, 4.69) is 91.3 Å². The van der Waals surface area contributed by atoms with Crippen LogP contribution in [0.25, 0.3) is 16.2 Å². The van der Waals surface area contributed by atoms with Crippen LogP contribution in [0.15, 0.2) is 90.2 Å². The van der Waals surface area contributed by atoms with Gasteiger partial charge in [-0.3, -0.25) is 0 Å². The minimum Gasteiger partial charge on any atom is -0.477 e. The first-order valence-electron chi connectivity index (χ1n) is 10.9. The highest BCUT2D eigenvalue weighted by Crippen LogP contribution is 2.67. The summed E-state index contributed by atoms with van der Waals surface area (Å²) in [5.74, 6) is 0.978. The Hall–Kier alpha value is -3.71. The molecule has 4 aromatic rings. The molecule has 0 bridgehead atoms. The molecule has 0 radical (unpaired) electrons. The van der Waals surface area contributed by atoms with E-state index < -0.39 is 13.5 Å². The molecule has 1 atom stereocenters. The molecule has 1 unspecified atom stereocenters. The van der Waals surface area contributed by atoms with Crippen LogP contribution in [0.2, 0.25) is 0 Å². The van der Waals surface area contributed by atoms with Gasteiger partial charge in [0.2, 0.25) is 4.61 Å². The summed E-state index contributed by atoms with van der Waals surface area (Å²) in [6.07, 6.45) is 1.50. The summed E-state index contributed by atoms with van der Waals surface area (Å²) in [6.45, 7) is 4.52. The van der Waals surface area contributed by atoms with Crippen LogP contribution in [0.5, 0.6) is 0 Å². The zero-order valence-electron chi connectivity index (χ0n) is 18.8. The number of aliphatic carboxylic acids is 1. The maximum Gasteiger partial charge on any atom is 0.346 e. The molecule has 0 fully saturated rings. The third-order valence-corrected chi connectivity index (χ3v) is 10.7. The Morgan fingerprint density at radius 3 is 2.18 bits per heavy atom. The Kier molecular flexibility index (Phi) is 5.57. The predicted octanol–water partition coefficient (Wildman–Crippen LogP) is 8.24. The maximum absolute atomic E-state index is 11.3. The Bertz CT molecular complexity index is 1430. The van der Waals surface area contributed by atoms with Crippen LogP contribution in [-0.2, 0) is 9.95 Å². The number of nitriles is 1. The van der Waals surface area contributed by atoms with Crippen molar-refractivity contribution >= 4 is 48.0 Å². The standard InChI is InChI=1S/C28H21N2O2PS/c1-28(2)25-16-22(30(20-9-5-3-6-10-20)21-11-7-4-8-12-21)13-14-24(25)27-33(28)18-23(34-27)15-19(17-29)26(31)32/h3-16,18H,1-2H3/p+1/b19-15+. The number of carboxylic acid groups (broad SMARTS) is 1. The van der Waals surface area contributed by atoms with Crippen LogP contribution in [0.4, 0.5) is 17.1 Å². The number of para-hydroxylation sites is 2. The summed E-state index contributed by atoms with van der Waals surface area (Å²) in [6, 6.07) is 29.2. The molecule has 2 heterocycles. The second-order valence-corrected chi connectivity index (χ2v) is 12.5. The SMILES string of the molecule is CC1(C)c2cc(N(c3ccccc3)c3ccccc3)ccc2-c2sc(/C=C(\C#N)C(=O)O)c[p+]21. The van der Waals surface area contributed by atoms with Gasteiger partial charge in [0.15, 0.2) is 12.7 Å². The lowest BCUT2D eigenvalue weighted by Gasteiger charge is -2.26. The van der Waals surface area contributed by atoms with Crippen molar-refractivity contribution < 1.29 is 9.90 Å². The first-order valence-corrected chi connectivity index (χ1v) is 13.1. The average Bonchev–Trinajstić information content (AvgIpc) is 3.36. The Morgan fingerprint density at radius 1 is 1.00 bits per heavy atom. The minimum atomic E-state index is -1.19. The van der Waals surface area contributed by atoms with E-state index in [0.29, 0.717) is 0 Å². The molecule has 1 aliphatic rings. The quantitative estimate of drug-likeness (QED) is 0.230. The number of nitrogens with zero attached hydrogens (tertiary/aromatic N) is 2. The molecule has 1 N–H and O–H groups in total. The van der Waals surface area contributed by atoms with Crippen molar-refractivity contribution in [1.82, 2.24) is 0 Å². The molecule has 0 saturated heterocycles. The monoisotopic (exact) mass is 481 g/mol. The van der Waals surface area contributed by atoms with E-state index in [1.54, 1.807) is 17.4 Å². The molecule has 1 aliphatic heterocycles. The van der Waals surface area contributed by atoms with Crippen molar-refractivity contribution in [2.24, 2.45) is 0 Å². The number of carbonyl (C=O) groups is 1. The topological polar surface area (TPSA) is 64.3 Å². The van der Waals surface area contributed by atoms with Crippen molar-refractivity contribution in [1.29, 1.82) is 5.26 Å². The highest BCUT2D eigenvalue weighted by atomic mass is 32.1. The van der Waals surface area contributed by atoms with Crippen molar-refractivity contribution in [3.63, 3.8) is 0 Å². The smallest absolute Gasteiger partial charge is 0.346 e. The van der Waals surface area contributed by atoms with Crippen molar-refractivity contribution in [2.75, 3.05) is 4.90 Å². The minimum absolute atomic E-state index is 0.103. The molecule has 0 amide bonds. The van der Waals surface area contributed by atoms with Gasteiger partial charge in [-0.1, -0.05) is 47.7 Å². The van der Waals surface area contributed by atoms with Crippen LogP contribution in [0.3, 0.4) is 0 Å². The van der Waals surface area contributed by atoms with Gasteiger partial charge in [-0.25, -0.2) is 4.79 Å². The number of rotatable bonds is 5. The van der Waals surface area contributed by atoms with Crippen LogP contribution >= 0.6 is 18.9 Å². The molecule has 0 spiro atoms. The van der Waals surface area contributed by atoms with Gasteiger partial charge in [-0.15, -0.1) is 0 Å². The van der Waals surface area contributed by atoms with Crippen molar-refractivity contribution in [3.05, 3.63) is 101 Å². The average molecular weight is 482 g/mol. The first kappa shape index (κ1) is 22.1. The van der Waals surface area contributed by atoms with Gasteiger partial charge in [0, 0.05) is 28.2 Å². The van der Waals surface area contributed by atoms with E-state index in [1.165, 1.54) is 21.8 Å². The molecule has 5 rings (SSSR count). The lowest BCUT2D eigenvalue weighted by molar-refractivity contribution is -0.132. The molecular formula is C28H22N2O2PS+. The van der Waals surface area contributed by atoms with Gasteiger partial charge in [0.25, 0.3) is 0 Å². The fourth-order valence-electron chi connectivity index (χ4n) is 4.42. The molecule has 166 valence electrons. The van der Waals surface area contributed by atoms with Gasteiger partial charge in [-0.05, 0) is 62.4 Å². The Balaban J connectivity index is 1.62. The van der Waals surface area contributed by atoms with E-state index >= 15 is 0 Å². The summed E-state index contributed by atoms with van der Waals surface area (Å²) in [4.78, 5) is 14.4. The zero-order chi connectivity index (χ0) is 23.9. The van der Waals surface area contributed by atoms with Crippen LogP contribution in [0, 0.1) is 11.3 Å². The fraction of sp³-hybridized carbons (Fsp3) is 0.107. The molecule has 3 aromatic carbocycles. The summed E-state index contributed by atoms with van der Waals surface area (Å²) in [5.41, 5.74) is 5.59. The van der Waals surface area contributed by atoms with E-state index in [0.717, 1.165) is 21.9 Å². The van der Waals surface area contributed by atoms with Crippen molar-refractivity contribution in [3.8, 4) is 16.2 Å². The second kappa shape index (κ2) is 8.57. The lowest BCUT2D eigenvalue weighted by atomic mass is 9.96. The number of hydrogen-bond donors (Lipinski definition) is 1. The van der Waals surface area contributed by atoms with E-state index in [9.17, 15) is 9.90 Å². The summed E-state index contributed by atoms with van der Waals surface area (Å²) in [7, 11) is -0.645. The van der Waals surface area contributed by atoms with Crippen LogP contribution in [-0.4, -0.2) is 11.1 Å². The molecule has 0 aliphatic carbocycles. The fourth-order valence-corrected chi connectivity index (χ4v) is 9.36. The highest BCUT2D eigenvalue weighted by molar-refractivity contribution is 7.62. The van der Waals surface area contributed by atoms with Crippen LogP contribution < -0.4 is 4.90 Å². The van der Waals surface area contributed by atoms with E-state index in [-0.39, 0.29) is 10.7 Å². The number of benzene rings is 3. The number of fused-ring (bicyclic) bond motifs is 3. The first-order chi connectivity index (χ1) is 16.4. The van der Waals surface area contributed by atoms with E-state index in [4.69, 9.17) is 5.26 Å². The summed E-state index contributed by atoms with van der Waals surface area (Å²) < 4.78 is 1.28. The molecule has 34 heavy (non-hydrogen) atoms. The Morgan fingerprint density at radius 2 is 1.62 bits per heavy atom. The number of hydrogen-bond acceptors (Lipinski definition) is 4.